The highest BCUT2D eigenvalue weighted by Crippen LogP contribution is 2.58. The fourth-order valence-electron chi connectivity index (χ4n) is 7.68. The summed E-state index contributed by atoms with van der Waals surface area (Å²) in [5, 5.41) is 3.05. The van der Waals surface area contributed by atoms with Gasteiger partial charge in [-0.05, 0) is 53.6 Å². The van der Waals surface area contributed by atoms with E-state index in [-0.39, 0.29) is 28.8 Å². The molecule has 0 aromatic heterocycles. The molecule has 48 heavy (non-hydrogen) atoms. The molecule has 0 saturated carbocycles. The third-order valence-electron chi connectivity index (χ3n) is 9.71. The van der Waals surface area contributed by atoms with Crippen molar-refractivity contribution in [2.75, 3.05) is 45.8 Å². The predicted molar refractivity (Wildman–Crippen MR) is 180 cm³/mol. The quantitative estimate of drug-likeness (QED) is 0.233. The standard InChI is InChI=1S/C38H34N2O8/c1-44-27-16-14-22(18-28(27)45-2)35(42)33-32(34(41)23-19-29(46-3)36(48-5)30(20-23)47-4)38(24-11-7-8-12-25(24)39-37(38)43)31-17-15-21-10-6-9-13-26(21)40(31)33/h6-20,31-33H,1-5H3,(H,39,43)/t31-,32+,33+,38-/m1/s1. The van der Waals surface area contributed by atoms with Gasteiger partial charge in [0.1, 0.15) is 11.5 Å². The number of anilines is 2. The van der Waals surface area contributed by atoms with E-state index in [2.05, 4.69) is 5.32 Å². The zero-order chi connectivity index (χ0) is 33.7. The summed E-state index contributed by atoms with van der Waals surface area (Å²) >= 11 is 0. The zero-order valence-electron chi connectivity index (χ0n) is 27.1. The molecule has 10 heteroatoms. The van der Waals surface area contributed by atoms with Crippen molar-refractivity contribution in [3.8, 4) is 28.7 Å². The Bertz CT molecular complexity index is 1980. The molecule has 4 atom stereocenters. The Labute approximate surface area is 277 Å². The molecule has 1 N–H and O–H groups in total. The van der Waals surface area contributed by atoms with E-state index in [1.807, 2.05) is 65.6 Å². The lowest BCUT2D eigenvalue weighted by molar-refractivity contribution is -0.121. The molecule has 1 saturated heterocycles. The zero-order valence-corrected chi connectivity index (χ0v) is 27.1. The summed E-state index contributed by atoms with van der Waals surface area (Å²) in [7, 11) is 7.43. The van der Waals surface area contributed by atoms with Gasteiger partial charge in [-0.25, -0.2) is 0 Å². The Balaban J connectivity index is 1.53. The number of fused-ring (bicyclic) bond motifs is 6. The number of hydrogen-bond acceptors (Lipinski definition) is 9. The van der Waals surface area contributed by atoms with Crippen LogP contribution in [0.3, 0.4) is 0 Å². The number of Topliss-reactive ketones (excluding diaryl/α,β-unsaturated/α-hetero) is 2. The van der Waals surface area contributed by atoms with Gasteiger partial charge in [0, 0.05) is 22.5 Å². The minimum Gasteiger partial charge on any atom is -0.493 e. The SMILES string of the molecule is COc1ccc(C(=O)[C@@H]2[C@@H](C(=O)c3cc(OC)c(OC)c(OC)c3)[C@]3(C(=O)Nc4ccccc43)[C@H]3C=Cc4ccccc4N23)cc1OC. The Morgan fingerprint density at radius 2 is 1.35 bits per heavy atom. The van der Waals surface area contributed by atoms with E-state index in [0.717, 1.165) is 11.3 Å². The van der Waals surface area contributed by atoms with Crippen molar-refractivity contribution < 1.29 is 38.1 Å². The molecule has 0 radical (unpaired) electrons. The first-order chi connectivity index (χ1) is 23.3. The summed E-state index contributed by atoms with van der Waals surface area (Å²) in [5.74, 6) is -0.678. The fraction of sp³-hybridized carbons (Fsp3) is 0.237. The number of ketones is 2. The van der Waals surface area contributed by atoms with Crippen LogP contribution in [0, 0.1) is 5.92 Å². The summed E-state index contributed by atoms with van der Waals surface area (Å²) in [6.07, 6.45) is 3.89. The molecule has 0 aliphatic carbocycles. The first-order valence-electron chi connectivity index (χ1n) is 15.4. The van der Waals surface area contributed by atoms with E-state index < -0.39 is 29.2 Å². The van der Waals surface area contributed by atoms with Crippen molar-refractivity contribution in [3.63, 3.8) is 0 Å². The summed E-state index contributed by atoms with van der Waals surface area (Å²) < 4.78 is 27.7. The molecule has 1 fully saturated rings. The average Bonchev–Trinajstić information content (AvgIpc) is 3.61. The van der Waals surface area contributed by atoms with Gasteiger partial charge in [0.05, 0.1) is 47.5 Å². The maximum atomic E-state index is 15.3. The molecular formula is C38H34N2O8. The van der Waals surface area contributed by atoms with Gasteiger partial charge in [-0.3, -0.25) is 14.4 Å². The van der Waals surface area contributed by atoms with E-state index >= 15 is 9.59 Å². The molecule has 244 valence electrons. The predicted octanol–water partition coefficient (Wildman–Crippen LogP) is 5.59. The molecule has 4 aromatic rings. The third-order valence-corrected chi connectivity index (χ3v) is 9.71. The van der Waals surface area contributed by atoms with E-state index in [1.54, 1.807) is 30.3 Å². The number of methoxy groups -OCH3 is 5. The lowest BCUT2D eigenvalue weighted by Crippen LogP contribution is -2.51. The Morgan fingerprint density at radius 3 is 2.04 bits per heavy atom. The number of carbonyl (C=O) groups excluding carboxylic acids is 3. The monoisotopic (exact) mass is 646 g/mol. The van der Waals surface area contributed by atoms with Crippen molar-refractivity contribution in [1.29, 1.82) is 0 Å². The van der Waals surface area contributed by atoms with Gasteiger partial charge >= 0.3 is 0 Å². The Hall–Kier alpha value is -5.77. The van der Waals surface area contributed by atoms with Crippen molar-refractivity contribution in [2.24, 2.45) is 5.92 Å². The van der Waals surface area contributed by atoms with Gasteiger partial charge in [0.15, 0.2) is 34.6 Å². The van der Waals surface area contributed by atoms with Crippen LogP contribution in [0.4, 0.5) is 11.4 Å². The van der Waals surface area contributed by atoms with E-state index in [0.29, 0.717) is 34.1 Å². The van der Waals surface area contributed by atoms with Crippen molar-refractivity contribution in [1.82, 2.24) is 0 Å². The second-order valence-electron chi connectivity index (χ2n) is 11.8. The highest BCUT2D eigenvalue weighted by molar-refractivity contribution is 6.18. The lowest BCUT2D eigenvalue weighted by atomic mass is 9.64. The van der Waals surface area contributed by atoms with Gasteiger partial charge < -0.3 is 33.9 Å². The van der Waals surface area contributed by atoms with E-state index in [9.17, 15) is 4.79 Å². The second kappa shape index (κ2) is 11.8. The van der Waals surface area contributed by atoms with Gasteiger partial charge in [-0.15, -0.1) is 0 Å². The lowest BCUT2D eigenvalue weighted by Gasteiger charge is -2.37. The van der Waals surface area contributed by atoms with Crippen LogP contribution in [0.1, 0.15) is 31.8 Å². The van der Waals surface area contributed by atoms with E-state index in [1.165, 1.54) is 35.5 Å². The molecule has 1 amide bonds. The average molecular weight is 647 g/mol. The molecule has 10 nitrogen and oxygen atoms in total. The molecule has 7 rings (SSSR count). The number of nitrogens with one attached hydrogen (secondary N) is 1. The van der Waals surface area contributed by atoms with Crippen LogP contribution < -0.4 is 33.9 Å². The second-order valence-corrected chi connectivity index (χ2v) is 11.8. The van der Waals surface area contributed by atoms with Crippen LogP contribution in [0.15, 0.2) is 84.9 Å². The van der Waals surface area contributed by atoms with Gasteiger partial charge in [-0.1, -0.05) is 48.6 Å². The number of amides is 1. The van der Waals surface area contributed by atoms with Crippen LogP contribution in [0.2, 0.25) is 0 Å². The van der Waals surface area contributed by atoms with Crippen LogP contribution >= 0.6 is 0 Å². The fourth-order valence-corrected chi connectivity index (χ4v) is 7.68. The minimum atomic E-state index is -1.49. The molecular weight excluding hydrogens is 612 g/mol. The van der Waals surface area contributed by atoms with Crippen molar-refractivity contribution in [2.45, 2.75) is 17.5 Å². The maximum Gasteiger partial charge on any atom is 0.238 e. The molecule has 1 spiro atoms. The van der Waals surface area contributed by atoms with Gasteiger partial charge in [0.25, 0.3) is 0 Å². The Morgan fingerprint density at radius 1 is 0.708 bits per heavy atom. The van der Waals surface area contributed by atoms with Crippen molar-refractivity contribution in [3.05, 3.63) is 107 Å². The summed E-state index contributed by atoms with van der Waals surface area (Å²) in [6.45, 7) is 0. The summed E-state index contributed by atoms with van der Waals surface area (Å²) in [6, 6.07) is 21.2. The Kier molecular flexibility index (Phi) is 7.58. The first kappa shape index (κ1) is 30.9. The number of nitrogens with zero attached hydrogens (tertiary/aromatic N) is 1. The topological polar surface area (TPSA) is 113 Å². The highest BCUT2D eigenvalue weighted by atomic mass is 16.5. The number of carbonyl (C=O) groups is 3. The normalized spacial score (nSPS) is 21.6. The molecule has 0 unspecified atom stereocenters. The van der Waals surface area contributed by atoms with Crippen LogP contribution in [-0.4, -0.2) is 65.1 Å². The van der Waals surface area contributed by atoms with Crippen LogP contribution in [0.5, 0.6) is 28.7 Å². The molecule has 3 heterocycles. The maximum absolute atomic E-state index is 15.3. The van der Waals surface area contributed by atoms with Gasteiger partial charge in [0.2, 0.25) is 11.7 Å². The van der Waals surface area contributed by atoms with Gasteiger partial charge in [-0.2, -0.15) is 0 Å². The smallest absolute Gasteiger partial charge is 0.238 e. The summed E-state index contributed by atoms with van der Waals surface area (Å²) in [4.78, 5) is 47.1. The van der Waals surface area contributed by atoms with Crippen LogP contribution in [-0.2, 0) is 10.2 Å². The molecule has 4 aromatic carbocycles. The van der Waals surface area contributed by atoms with Crippen LogP contribution in [0.25, 0.3) is 6.08 Å². The van der Waals surface area contributed by atoms with E-state index in [4.69, 9.17) is 23.7 Å². The molecule has 3 aliphatic rings. The number of para-hydroxylation sites is 2. The van der Waals surface area contributed by atoms with Crippen molar-refractivity contribution >= 4 is 34.9 Å². The number of hydrogen-bond donors (Lipinski definition) is 1. The highest BCUT2D eigenvalue weighted by Gasteiger charge is 2.70. The molecule has 3 aliphatic heterocycles. The first-order valence-corrected chi connectivity index (χ1v) is 15.4. The number of benzene rings is 4. The summed E-state index contributed by atoms with van der Waals surface area (Å²) in [5.41, 5.74) is 1.85. The number of ether oxygens (including phenoxy) is 5. The number of rotatable bonds is 9. The third kappa shape index (κ3) is 4.28. The minimum absolute atomic E-state index is 0.202. The largest absolute Gasteiger partial charge is 0.493 e. The molecule has 0 bridgehead atoms.